The predicted molar refractivity (Wildman–Crippen MR) is 42.5 cm³/mol. The van der Waals surface area contributed by atoms with E-state index in [9.17, 15) is 55.8 Å². The predicted octanol–water partition coefficient (Wildman–Crippen LogP) is -1.25. The first kappa shape index (κ1) is 24.1. The monoisotopic (exact) mass is 404 g/mol. The molecule has 0 heterocycles. The Labute approximate surface area is 154 Å². The van der Waals surface area contributed by atoms with Crippen LogP contribution in [0.25, 0.3) is 0 Å². The zero-order valence-electron chi connectivity index (χ0n) is 10.3. The summed E-state index contributed by atoms with van der Waals surface area (Å²) in [5.74, 6) is -15.4. The largest absolute Gasteiger partial charge is 1.00 e. The van der Waals surface area contributed by atoms with Crippen LogP contribution in [0.5, 0.6) is 0 Å². The molecule has 0 spiro atoms. The van der Waals surface area contributed by atoms with Crippen LogP contribution in [0.3, 0.4) is 0 Å². The standard InChI is InChI=1S/C4HF9O5S2.K.H/c5-1(6,3(9,10)19(13,14)15)2(7,8)4(11,12)20(16,17)18;;/h(H,16,17,18);;/q;+1;-1. The topological polar surface area (TPSA) is 88.5 Å². The molecule has 0 atom stereocenters. The van der Waals surface area contributed by atoms with Gasteiger partial charge in [0.25, 0.3) is 0 Å². The Bertz CT molecular complexity index is 547. The van der Waals surface area contributed by atoms with E-state index >= 15 is 0 Å². The van der Waals surface area contributed by atoms with Crippen molar-refractivity contribution in [2.75, 3.05) is 0 Å². The van der Waals surface area contributed by atoms with Crippen LogP contribution in [0.4, 0.5) is 39.0 Å². The van der Waals surface area contributed by atoms with Crippen LogP contribution < -0.4 is 51.4 Å². The molecule has 0 amide bonds. The van der Waals surface area contributed by atoms with Gasteiger partial charge in [0.1, 0.15) is 0 Å². The van der Waals surface area contributed by atoms with Crippen LogP contribution in [0.2, 0.25) is 0 Å². The fourth-order valence-electron chi connectivity index (χ4n) is 0.681. The van der Waals surface area contributed by atoms with Gasteiger partial charge in [-0.25, -0.2) is 0 Å². The van der Waals surface area contributed by atoms with Crippen molar-refractivity contribution < 1.29 is 113 Å². The quantitative estimate of drug-likeness (QED) is 0.268. The summed E-state index contributed by atoms with van der Waals surface area (Å²) in [5, 5.41) is -14.6. The van der Waals surface area contributed by atoms with Gasteiger partial charge in [-0.05, 0) is 0 Å². The average Bonchev–Trinajstić information content (AvgIpc) is 2.12. The Kier molecular flexibility index (Phi) is 6.96. The summed E-state index contributed by atoms with van der Waals surface area (Å²) in [5.41, 5.74) is 0. The van der Waals surface area contributed by atoms with E-state index in [1.165, 1.54) is 0 Å². The number of halogens is 9. The summed E-state index contributed by atoms with van der Waals surface area (Å²) in [7, 11) is -15.2. The van der Waals surface area contributed by atoms with E-state index in [1.807, 2.05) is 0 Å². The fourth-order valence-corrected chi connectivity index (χ4v) is 1.57. The minimum Gasteiger partial charge on any atom is -1.00 e. The second kappa shape index (κ2) is 6.06. The molecule has 1 N–H and O–H groups in total. The number of rotatable bonds is 5. The first-order chi connectivity index (χ1) is 8.25. The molecule has 0 aliphatic rings. The molecule has 0 aromatic rings. The van der Waals surface area contributed by atoms with Gasteiger partial charge in [-0.1, -0.05) is 3.89 Å². The summed E-state index contributed by atoms with van der Waals surface area (Å²) < 4.78 is 158. The summed E-state index contributed by atoms with van der Waals surface area (Å²) in [6.45, 7) is 0. The van der Waals surface area contributed by atoms with E-state index < -0.39 is 42.7 Å². The zero-order chi connectivity index (χ0) is 17.0. The number of hydrogen-bond acceptors (Lipinski definition) is 4. The van der Waals surface area contributed by atoms with Crippen molar-refractivity contribution in [3.8, 4) is 0 Å². The Balaban J connectivity index is -0.00000180. The average molecular weight is 404 g/mol. The normalized spacial score (nSPS) is 15.5. The molecule has 17 heteroatoms. The van der Waals surface area contributed by atoms with E-state index in [2.05, 4.69) is 0 Å². The van der Waals surface area contributed by atoms with Crippen molar-refractivity contribution in [2.24, 2.45) is 0 Å². The molecule has 124 valence electrons. The minimum absolute atomic E-state index is 0. The molecule has 0 fully saturated rings. The van der Waals surface area contributed by atoms with Gasteiger partial charge in [0.15, 0.2) is 0 Å². The molecule has 0 bridgehead atoms. The third-order valence-corrected chi connectivity index (χ3v) is 3.53. The van der Waals surface area contributed by atoms with E-state index in [0.717, 1.165) is 0 Å². The van der Waals surface area contributed by atoms with Crippen molar-refractivity contribution in [1.82, 2.24) is 0 Å². The van der Waals surface area contributed by atoms with Gasteiger partial charge >= 0.3 is 94.1 Å². The van der Waals surface area contributed by atoms with Gasteiger partial charge in [-0.3, -0.25) is 4.55 Å². The molecule has 0 aromatic heterocycles. The maximum Gasteiger partial charge on any atom is 1.00 e. The number of hydrogen-bond donors (Lipinski definition) is 1. The molecule has 0 aliphatic carbocycles. The molecule has 0 aromatic carbocycles. The third kappa shape index (κ3) is 3.53. The van der Waals surface area contributed by atoms with Gasteiger partial charge in [0.05, 0.1) is 0 Å². The molecule has 0 aliphatic heterocycles. The Hall–Kier alpha value is 0.866. The Morgan fingerprint density at radius 2 is 0.952 bits per heavy atom. The van der Waals surface area contributed by atoms with Gasteiger partial charge in [0, 0.05) is 0 Å². The Morgan fingerprint density at radius 1 is 0.714 bits per heavy atom. The molecular formula is C4H2F9KO5S2. The molecule has 5 nitrogen and oxygen atoms in total. The van der Waals surface area contributed by atoms with Gasteiger partial charge < -0.3 is 1.43 Å². The first-order valence-corrected chi connectivity index (χ1v) is 6.50. The maximum absolute atomic E-state index is 12.6. The molecular weight excluding hydrogens is 402 g/mol. The SMILES string of the molecule is O=S(=O)(O)C(F)(F)C(F)(F)C(F)(F)C(F)(F)S(=O)(=O)F.[H-].[K+]. The van der Waals surface area contributed by atoms with E-state index in [-0.39, 0.29) is 52.8 Å². The molecule has 0 radical (unpaired) electrons. The molecule has 0 rings (SSSR count). The summed E-state index contributed by atoms with van der Waals surface area (Å²) >= 11 is 0. The van der Waals surface area contributed by atoms with Gasteiger partial charge in [-0.15, -0.1) is 0 Å². The van der Waals surface area contributed by atoms with Crippen LogP contribution in [-0.4, -0.2) is 43.7 Å². The van der Waals surface area contributed by atoms with Crippen LogP contribution in [-0.2, 0) is 20.3 Å². The van der Waals surface area contributed by atoms with Crippen LogP contribution in [0, 0.1) is 0 Å². The van der Waals surface area contributed by atoms with Crippen molar-refractivity contribution in [3.63, 3.8) is 0 Å². The van der Waals surface area contributed by atoms with E-state index in [4.69, 9.17) is 4.55 Å². The summed E-state index contributed by atoms with van der Waals surface area (Å²) in [6.07, 6.45) is 0. The molecule has 0 saturated heterocycles. The van der Waals surface area contributed by atoms with Crippen LogP contribution in [0.15, 0.2) is 0 Å². The van der Waals surface area contributed by atoms with E-state index in [1.54, 1.807) is 0 Å². The maximum atomic E-state index is 12.6. The van der Waals surface area contributed by atoms with Crippen LogP contribution >= 0.6 is 0 Å². The molecule has 21 heavy (non-hydrogen) atoms. The van der Waals surface area contributed by atoms with Crippen molar-refractivity contribution in [3.05, 3.63) is 0 Å². The molecule has 0 saturated carbocycles. The van der Waals surface area contributed by atoms with Crippen molar-refractivity contribution in [2.45, 2.75) is 22.4 Å². The summed E-state index contributed by atoms with van der Waals surface area (Å²) in [4.78, 5) is 0. The van der Waals surface area contributed by atoms with Crippen molar-refractivity contribution >= 4 is 20.3 Å². The van der Waals surface area contributed by atoms with Gasteiger partial charge in [-0.2, -0.15) is 52.0 Å². The smallest absolute Gasteiger partial charge is 1.00 e. The zero-order valence-corrected chi connectivity index (χ0v) is 14.1. The second-order valence-electron chi connectivity index (χ2n) is 3.10. The first-order valence-electron chi connectivity index (χ1n) is 3.67. The van der Waals surface area contributed by atoms with Crippen LogP contribution in [0.1, 0.15) is 1.43 Å². The molecule has 0 unspecified atom stereocenters. The minimum atomic E-state index is -7.82. The number of alkyl halides is 8. The second-order valence-corrected chi connectivity index (χ2v) is 5.95. The fraction of sp³-hybridized carbons (Fsp3) is 1.00. The van der Waals surface area contributed by atoms with Gasteiger partial charge in [0.2, 0.25) is 0 Å². The van der Waals surface area contributed by atoms with Crippen molar-refractivity contribution in [1.29, 1.82) is 0 Å². The third-order valence-electron chi connectivity index (χ3n) is 1.76. The Morgan fingerprint density at radius 3 is 1.14 bits per heavy atom. The summed E-state index contributed by atoms with van der Waals surface area (Å²) in [6, 6.07) is 0. The van der Waals surface area contributed by atoms with E-state index in [0.29, 0.717) is 0 Å².